The number of unbranched alkanes of at least 4 members (excludes halogenated alkanes) is 11. The lowest BCUT2D eigenvalue weighted by Gasteiger charge is -2.41. The van der Waals surface area contributed by atoms with E-state index in [-0.39, 0.29) is 13.0 Å². The van der Waals surface area contributed by atoms with E-state index in [1.807, 2.05) is 0 Å². The molecule has 12 nitrogen and oxygen atoms in total. The third kappa shape index (κ3) is 23.2. The Morgan fingerprint density at radius 2 is 1.13 bits per heavy atom. The van der Waals surface area contributed by atoms with Crippen LogP contribution < -0.4 is 0 Å². The molecule has 1 saturated carbocycles. The highest BCUT2D eigenvalue weighted by Crippen LogP contribution is 2.47. The average molecular weight is 761 g/mol. The Morgan fingerprint density at radius 1 is 0.635 bits per heavy atom. The van der Waals surface area contributed by atoms with Crippen LogP contribution in [0.4, 0.5) is 0 Å². The summed E-state index contributed by atoms with van der Waals surface area (Å²) in [5.74, 6) is -0.512. The van der Waals surface area contributed by atoms with Crippen LogP contribution in [0, 0.1) is 0 Å². The molecule has 52 heavy (non-hydrogen) atoms. The van der Waals surface area contributed by atoms with Crippen molar-refractivity contribution in [2.24, 2.45) is 0 Å². The minimum Gasteiger partial charge on any atom is -0.457 e. The van der Waals surface area contributed by atoms with Crippen molar-refractivity contribution in [2.45, 2.75) is 172 Å². The summed E-state index contributed by atoms with van der Waals surface area (Å²) in [6.07, 6.45) is 22.0. The number of hydrogen-bond acceptors (Lipinski definition) is 11. The number of aliphatic hydroxyl groups excluding tert-OH is 5. The van der Waals surface area contributed by atoms with Crippen LogP contribution in [0.25, 0.3) is 0 Å². The van der Waals surface area contributed by atoms with Crippen LogP contribution in [-0.4, -0.2) is 98.9 Å². The largest absolute Gasteiger partial charge is 0.472 e. The van der Waals surface area contributed by atoms with Gasteiger partial charge in [0.2, 0.25) is 0 Å². The number of carbonyl (C=O) groups excluding carboxylic acids is 1. The van der Waals surface area contributed by atoms with E-state index >= 15 is 0 Å². The van der Waals surface area contributed by atoms with Crippen molar-refractivity contribution >= 4 is 13.8 Å². The van der Waals surface area contributed by atoms with Gasteiger partial charge in [-0.25, -0.2) is 4.57 Å². The van der Waals surface area contributed by atoms with Gasteiger partial charge in [0, 0.05) is 13.0 Å². The number of phosphoric acid groups is 1. The Kier molecular flexibility index (Phi) is 28.4. The Hall–Kier alpha value is -1.70. The molecule has 0 amide bonds. The summed E-state index contributed by atoms with van der Waals surface area (Å²) in [6, 6.07) is 0. The Morgan fingerprint density at radius 3 is 1.75 bits per heavy atom. The van der Waals surface area contributed by atoms with Gasteiger partial charge in [-0.1, -0.05) is 107 Å². The second kappa shape index (κ2) is 30.6. The van der Waals surface area contributed by atoms with Crippen LogP contribution in [-0.2, 0) is 27.9 Å². The SMILES string of the molecule is CC/C=C\C/C=C\C/C=C\CCCCCC(=O)OC(COCCCCCCCC/C=C\CCCC)COP(=O)(O)OC1C(O)C(O)C(O)C(O)C1O. The van der Waals surface area contributed by atoms with E-state index in [1.54, 1.807) is 0 Å². The topological polar surface area (TPSA) is 192 Å². The Bertz CT molecular complexity index is 1050. The second-order valence-corrected chi connectivity index (χ2v) is 14.8. The summed E-state index contributed by atoms with van der Waals surface area (Å²) in [4.78, 5) is 23.0. The number of ether oxygens (including phenoxy) is 2. The van der Waals surface area contributed by atoms with Crippen LogP contribution in [0.1, 0.15) is 129 Å². The van der Waals surface area contributed by atoms with Gasteiger partial charge in [-0.05, 0) is 64.2 Å². The van der Waals surface area contributed by atoms with E-state index < -0.39 is 63.1 Å². The molecule has 1 rings (SSSR count). The lowest BCUT2D eigenvalue weighted by Crippen LogP contribution is -2.64. The van der Waals surface area contributed by atoms with Crippen LogP contribution in [0.3, 0.4) is 0 Å². The first kappa shape index (κ1) is 48.3. The molecule has 0 aromatic carbocycles. The Labute approximate surface area is 312 Å². The quantitative estimate of drug-likeness (QED) is 0.0194. The predicted octanol–water partition coefficient (Wildman–Crippen LogP) is 6.52. The molecule has 0 bridgehead atoms. The second-order valence-electron chi connectivity index (χ2n) is 13.4. The van der Waals surface area contributed by atoms with E-state index in [0.717, 1.165) is 77.0 Å². The minimum absolute atomic E-state index is 0.0947. The van der Waals surface area contributed by atoms with Crippen molar-refractivity contribution in [3.05, 3.63) is 48.6 Å². The lowest BCUT2D eigenvalue weighted by molar-refractivity contribution is -0.220. The van der Waals surface area contributed by atoms with Crippen LogP contribution >= 0.6 is 7.82 Å². The number of carbonyl (C=O) groups is 1. The summed E-state index contributed by atoms with van der Waals surface area (Å²) in [5.41, 5.74) is 0. The highest BCUT2D eigenvalue weighted by Gasteiger charge is 2.51. The normalized spacial score (nSPS) is 24.4. The highest BCUT2D eigenvalue weighted by atomic mass is 31.2. The fourth-order valence-corrected chi connectivity index (χ4v) is 6.50. The maximum atomic E-state index is 12.7. The van der Waals surface area contributed by atoms with Gasteiger partial charge in [-0.15, -0.1) is 0 Å². The maximum absolute atomic E-state index is 12.7. The third-order valence-electron chi connectivity index (χ3n) is 8.69. The first-order chi connectivity index (χ1) is 25.0. The van der Waals surface area contributed by atoms with Crippen molar-refractivity contribution in [1.82, 2.24) is 0 Å². The number of hydrogen-bond donors (Lipinski definition) is 6. The summed E-state index contributed by atoms with van der Waals surface area (Å²) >= 11 is 0. The first-order valence-corrected chi connectivity index (χ1v) is 21.0. The van der Waals surface area contributed by atoms with Crippen molar-refractivity contribution < 1.29 is 58.3 Å². The molecule has 1 fully saturated rings. The number of rotatable bonds is 31. The highest BCUT2D eigenvalue weighted by molar-refractivity contribution is 7.47. The predicted molar refractivity (Wildman–Crippen MR) is 202 cm³/mol. The average Bonchev–Trinajstić information content (AvgIpc) is 3.12. The molecule has 1 aliphatic rings. The van der Waals surface area contributed by atoms with Gasteiger partial charge in [0.1, 0.15) is 42.7 Å². The van der Waals surface area contributed by atoms with Crippen molar-refractivity contribution in [3.8, 4) is 0 Å². The number of aliphatic hydroxyl groups is 5. The molecule has 1 aliphatic carbocycles. The molecule has 6 N–H and O–H groups in total. The van der Waals surface area contributed by atoms with Gasteiger partial charge in [0.25, 0.3) is 0 Å². The Balaban J connectivity index is 2.51. The van der Waals surface area contributed by atoms with Crippen molar-refractivity contribution in [1.29, 1.82) is 0 Å². The zero-order valence-corrected chi connectivity index (χ0v) is 32.5. The van der Waals surface area contributed by atoms with E-state index in [9.17, 15) is 39.8 Å². The van der Waals surface area contributed by atoms with Crippen molar-refractivity contribution in [2.75, 3.05) is 19.8 Å². The van der Waals surface area contributed by atoms with Gasteiger partial charge >= 0.3 is 13.8 Å². The van der Waals surface area contributed by atoms with Crippen LogP contribution in [0.2, 0.25) is 0 Å². The summed E-state index contributed by atoms with van der Waals surface area (Å²) in [6.45, 7) is 4.02. The van der Waals surface area contributed by atoms with E-state index in [4.69, 9.17) is 18.5 Å². The number of allylic oxidation sites excluding steroid dienone is 8. The van der Waals surface area contributed by atoms with Gasteiger partial charge in [-0.2, -0.15) is 0 Å². The zero-order valence-electron chi connectivity index (χ0n) is 31.6. The molecule has 0 aromatic heterocycles. The summed E-state index contributed by atoms with van der Waals surface area (Å²) < 4.78 is 33.9. The molecule has 0 spiro atoms. The molecule has 0 saturated heterocycles. The number of phosphoric ester groups is 1. The molecule has 6 atom stereocenters. The minimum atomic E-state index is -5.02. The van der Waals surface area contributed by atoms with Gasteiger partial charge < -0.3 is 39.9 Å². The third-order valence-corrected chi connectivity index (χ3v) is 9.67. The molecule has 0 aromatic rings. The van der Waals surface area contributed by atoms with Gasteiger partial charge in [0.15, 0.2) is 0 Å². The van der Waals surface area contributed by atoms with E-state index in [1.165, 1.54) is 25.7 Å². The lowest BCUT2D eigenvalue weighted by atomic mass is 9.85. The molecule has 302 valence electrons. The fourth-order valence-electron chi connectivity index (χ4n) is 5.52. The molecule has 0 radical (unpaired) electrons. The first-order valence-electron chi connectivity index (χ1n) is 19.5. The monoisotopic (exact) mass is 760 g/mol. The van der Waals surface area contributed by atoms with E-state index in [0.29, 0.717) is 13.0 Å². The van der Waals surface area contributed by atoms with Gasteiger partial charge in [-0.3, -0.25) is 13.8 Å². The van der Waals surface area contributed by atoms with E-state index in [2.05, 4.69) is 62.5 Å². The van der Waals surface area contributed by atoms with Crippen molar-refractivity contribution in [3.63, 3.8) is 0 Å². The number of esters is 1. The van der Waals surface area contributed by atoms with Crippen LogP contribution in [0.5, 0.6) is 0 Å². The zero-order chi connectivity index (χ0) is 38.5. The van der Waals surface area contributed by atoms with Crippen LogP contribution in [0.15, 0.2) is 48.6 Å². The van der Waals surface area contributed by atoms with Gasteiger partial charge in [0.05, 0.1) is 13.2 Å². The molecule has 13 heteroatoms. The molecule has 0 aliphatic heterocycles. The smallest absolute Gasteiger partial charge is 0.457 e. The molecular weight excluding hydrogens is 691 g/mol. The summed E-state index contributed by atoms with van der Waals surface area (Å²) in [7, 11) is -5.02. The molecule has 0 heterocycles. The molecular formula is C39H69O12P. The fraction of sp³-hybridized carbons (Fsp3) is 0.769. The standard InChI is InChI=1S/C39H69O12P/c1-3-5-7-9-11-13-15-17-18-20-22-24-26-28-33(40)50-32(30-48-29-27-25-23-21-19-16-14-12-10-8-6-4-2)31-49-52(46,47)51-39-37(44)35(42)34(41)36(43)38(39)45/h5,7,10-13,17-18,32,34-39,41-45H,3-4,6,8-9,14-16,19-31H2,1-2H3,(H,46,47)/b7-5-,12-10-,13-11-,18-17-. The maximum Gasteiger partial charge on any atom is 0.472 e. The summed E-state index contributed by atoms with van der Waals surface area (Å²) in [5, 5.41) is 49.9. The molecule has 6 unspecified atom stereocenters.